The van der Waals surface area contributed by atoms with Crippen molar-refractivity contribution in [2.75, 3.05) is 6.54 Å². The SMILES string of the molecule is Cn1nc(CCN)cc1-c1ccc(O)cc1. The Bertz CT molecular complexity index is 474. The molecule has 0 atom stereocenters. The molecule has 1 aromatic heterocycles. The standard InChI is InChI=1S/C12H15N3O/c1-15-12(8-10(14-15)6-7-13)9-2-4-11(16)5-3-9/h2-5,8,16H,6-7,13H2,1H3. The number of benzene rings is 1. The molecule has 1 heterocycles. The molecular formula is C12H15N3O. The van der Waals surface area contributed by atoms with E-state index in [2.05, 4.69) is 5.10 Å². The van der Waals surface area contributed by atoms with Crippen LogP contribution in [0.4, 0.5) is 0 Å². The van der Waals surface area contributed by atoms with Crippen molar-refractivity contribution in [3.8, 4) is 17.0 Å². The highest BCUT2D eigenvalue weighted by atomic mass is 16.3. The Morgan fingerprint density at radius 2 is 2.00 bits per heavy atom. The molecule has 0 amide bonds. The van der Waals surface area contributed by atoms with E-state index >= 15 is 0 Å². The van der Waals surface area contributed by atoms with Gasteiger partial charge in [-0.25, -0.2) is 0 Å². The Hall–Kier alpha value is -1.81. The maximum Gasteiger partial charge on any atom is 0.115 e. The summed E-state index contributed by atoms with van der Waals surface area (Å²) in [5.41, 5.74) is 8.56. The summed E-state index contributed by atoms with van der Waals surface area (Å²) in [5.74, 6) is 0.271. The first kappa shape index (κ1) is 10.7. The molecular weight excluding hydrogens is 202 g/mol. The summed E-state index contributed by atoms with van der Waals surface area (Å²) in [7, 11) is 1.90. The molecule has 0 saturated heterocycles. The van der Waals surface area contributed by atoms with Crippen LogP contribution in [-0.2, 0) is 13.5 Å². The van der Waals surface area contributed by atoms with Crippen molar-refractivity contribution in [2.45, 2.75) is 6.42 Å². The second-order valence-corrected chi connectivity index (χ2v) is 3.73. The fraction of sp³-hybridized carbons (Fsp3) is 0.250. The lowest BCUT2D eigenvalue weighted by atomic mass is 10.1. The molecule has 2 aromatic rings. The summed E-state index contributed by atoms with van der Waals surface area (Å²) in [6.07, 6.45) is 0.784. The molecule has 84 valence electrons. The Balaban J connectivity index is 2.36. The van der Waals surface area contributed by atoms with Crippen molar-refractivity contribution in [2.24, 2.45) is 12.8 Å². The van der Waals surface area contributed by atoms with E-state index in [1.165, 1.54) is 0 Å². The van der Waals surface area contributed by atoms with Gasteiger partial charge in [0.2, 0.25) is 0 Å². The summed E-state index contributed by atoms with van der Waals surface area (Å²) in [4.78, 5) is 0. The number of aromatic hydroxyl groups is 1. The highest BCUT2D eigenvalue weighted by Gasteiger charge is 2.06. The minimum Gasteiger partial charge on any atom is -0.508 e. The third-order valence-electron chi connectivity index (χ3n) is 2.49. The lowest BCUT2D eigenvalue weighted by Crippen LogP contribution is -2.03. The van der Waals surface area contributed by atoms with Crippen LogP contribution in [0.25, 0.3) is 11.3 Å². The Kier molecular flexibility index (Phi) is 2.92. The van der Waals surface area contributed by atoms with E-state index in [0.717, 1.165) is 23.4 Å². The van der Waals surface area contributed by atoms with Crippen LogP contribution in [-0.4, -0.2) is 21.4 Å². The number of nitrogens with zero attached hydrogens (tertiary/aromatic N) is 2. The van der Waals surface area contributed by atoms with Crippen molar-refractivity contribution >= 4 is 0 Å². The van der Waals surface area contributed by atoms with Crippen molar-refractivity contribution in [1.82, 2.24) is 9.78 Å². The highest BCUT2D eigenvalue weighted by molar-refractivity contribution is 5.60. The molecule has 4 nitrogen and oxygen atoms in total. The first-order valence-electron chi connectivity index (χ1n) is 5.23. The van der Waals surface area contributed by atoms with Crippen molar-refractivity contribution < 1.29 is 5.11 Å². The molecule has 0 aliphatic carbocycles. The predicted molar refractivity (Wildman–Crippen MR) is 63.1 cm³/mol. The molecule has 0 unspecified atom stereocenters. The number of phenols is 1. The highest BCUT2D eigenvalue weighted by Crippen LogP contribution is 2.22. The normalized spacial score (nSPS) is 10.6. The lowest BCUT2D eigenvalue weighted by Gasteiger charge is -2.01. The molecule has 2 rings (SSSR count). The van der Waals surface area contributed by atoms with Gasteiger partial charge >= 0.3 is 0 Å². The first-order chi connectivity index (χ1) is 7.70. The maximum absolute atomic E-state index is 9.22. The van der Waals surface area contributed by atoms with E-state index in [9.17, 15) is 5.11 Å². The summed E-state index contributed by atoms with van der Waals surface area (Å²) in [5, 5.41) is 13.6. The average Bonchev–Trinajstić information content (AvgIpc) is 2.61. The second-order valence-electron chi connectivity index (χ2n) is 3.73. The van der Waals surface area contributed by atoms with Crippen LogP contribution >= 0.6 is 0 Å². The zero-order chi connectivity index (χ0) is 11.5. The van der Waals surface area contributed by atoms with E-state index in [-0.39, 0.29) is 5.75 Å². The lowest BCUT2D eigenvalue weighted by molar-refractivity contribution is 0.475. The number of nitrogens with two attached hydrogens (primary N) is 1. The van der Waals surface area contributed by atoms with E-state index < -0.39 is 0 Å². The van der Waals surface area contributed by atoms with Crippen LogP contribution in [0.3, 0.4) is 0 Å². The average molecular weight is 217 g/mol. The maximum atomic E-state index is 9.22. The number of aromatic nitrogens is 2. The zero-order valence-corrected chi connectivity index (χ0v) is 9.22. The molecule has 3 N–H and O–H groups in total. The van der Waals surface area contributed by atoms with Gasteiger partial charge in [-0.1, -0.05) is 0 Å². The third kappa shape index (κ3) is 2.06. The Labute approximate surface area is 94.3 Å². The molecule has 0 spiro atoms. The molecule has 0 aliphatic heterocycles. The van der Waals surface area contributed by atoms with Crippen molar-refractivity contribution in [3.05, 3.63) is 36.0 Å². The Morgan fingerprint density at radius 1 is 1.31 bits per heavy atom. The Morgan fingerprint density at radius 3 is 2.62 bits per heavy atom. The van der Waals surface area contributed by atoms with Crippen LogP contribution in [0, 0.1) is 0 Å². The van der Waals surface area contributed by atoms with Gasteiger partial charge < -0.3 is 10.8 Å². The van der Waals surface area contributed by atoms with E-state index in [1.807, 2.05) is 29.9 Å². The largest absolute Gasteiger partial charge is 0.508 e. The minimum absolute atomic E-state index is 0.271. The molecule has 1 aromatic carbocycles. The van der Waals surface area contributed by atoms with Crippen LogP contribution in [0.2, 0.25) is 0 Å². The fourth-order valence-corrected chi connectivity index (χ4v) is 1.70. The van der Waals surface area contributed by atoms with Gasteiger partial charge in [0.05, 0.1) is 11.4 Å². The molecule has 0 aliphatic rings. The van der Waals surface area contributed by atoms with Gasteiger partial charge in [-0.3, -0.25) is 4.68 Å². The zero-order valence-electron chi connectivity index (χ0n) is 9.22. The van der Waals surface area contributed by atoms with E-state index in [1.54, 1.807) is 12.1 Å². The van der Waals surface area contributed by atoms with E-state index in [0.29, 0.717) is 6.54 Å². The first-order valence-corrected chi connectivity index (χ1v) is 5.23. The number of hydrogen-bond donors (Lipinski definition) is 2. The van der Waals surface area contributed by atoms with Gasteiger partial charge in [-0.2, -0.15) is 5.10 Å². The van der Waals surface area contributed by atoms with Gasteiger partial charge in [0, 0.05) is 19.0 Å². The summed E-state index contributed by atoms with van der Waals surface area (Å²) in [6.45, 7) is 0.603. The predicted octanol–water partition coefficient (Wildman–Crippen LogP) is 1.29. The van der Waals surface area contributed by atoms with Gasteiger partial charge in [-0.15, -0.1) is 0 Å². The topological polar surface area (TPSA) is 64.1 Å². The third-order valence-corrected chi connectivity index (χ3v) is 2.49. The summed E-state index contributed by atoms with van der Waals surface area (Å²) >= 11 is 0. The van der Waals surface area contributed by atoms with Crippen LogP contribution < -0.4 is 5.73 Å². The molecule has 4 heteroatoms. The fourth-order valence-electron chi connectivity index (χ4n) is 1.70. The monoisotopic (exact) mass is 217 g/mol. The van der Waals surface area contributed by atoms with Crippen molar-refractivity contribution in [3.63, 3.8) is 0 Å². The van der Waals surface area contributed by atoms with Gasteiger partial charge in [-0.05, 0) is 36.9 Å². The number of phenolic OH excluding ortho intramolecular Hbond substituents is 1. The summed E-state index contributed by atoms with van der Waals surface area (Å²) in [6, 6.07) is 9.12. The van der Waals surface area contributed by atoms with Crippen molar-refractivity contribution in [1.29, 1.82) is 0 Å². The van der Waals surface area contributed by atoms with Crippen LogP contribution in [0.5, 0.6) is 5.75 Å². The molecule has 0 saturated carbocycles. The summed E-state index contributed by atoms with van der Waals surface area (Å²) < 4.78 is 1.83. The van der Waals surface area contributed by atoms with Crippen LogP contribution in [0.1, 0.15) is 5.69 Å². The molecule has 0 bridgehead atoms. The quantitative estimate of drug-likeness (QED) is 0.814. The smallest absolute Gasteiger partial charge is 0.115 e. The number of rotatable bonds is 3. The molecule has 0 fully saturated rings. The van der Waals surface area contributed by atoms with Crippen LogP contribution in [0.15, 0.2) is 30.3 Å². The van der Waals surface area contributed by atoms with Gasteiger partial charge in [0.25, 0.3) is 0 Å². The number of hydrogen-bond acceptors (Lipinski definition) is 3. The number of aryl methyl sites for hydroxylation is 1. The van der Waals surface area contributed by atoms with Gasteiger partial charge in [0.15, 0.2) is 0 Å². The molecule has 0 radical (unpaired) electrons. The second kappa shape index (κ2) is 4.37. The molecule has 16 heavy (non-hydrogen) atoms. The van der Waals surface area contributed by atoms with E-state index in [4.69, 9.17) is 5.73 Å². The van der Waals surface area contributed by atoms with Gasteiger partial charge in [0.1, 0.15) is 5.75 Å². The minimum atomic E-state index is 0.271.